The molecule has 0 radical (unpaired) electrons. The summed E-state index contributed by atoms with van der Waals surface area (Å²) in [7, 11) is -9.58. The molecule has 0 saturated carbocycles. The molecule has 4 N–H and O–H groups in total. The maximum absolute atomic E-state index is 12.3. The Hall–Kier alpha value is -4.94. The molecule has 0 saturated heterocycles. The van der Waals surface area contributed by atoms with Crippen LogP contribution in [0.5, 0.6) is 11.5 Å². The molecular weight excluding hydrogens is 684 g/mol. The Morgan fingerprint density at radius 2 is 0.959 bits per heavy atom. The molecule has 6 aromatic rings. The van der Waals surface area contributed by atoms with Gasteiger partial charge in [0.2, 0.25) is 0 Å². The molecule has 0 aliphatic rings. The van der Waals surface area contributed by atoms with E-state index >= 15 is 0 Å². The van der Waals surface area contributed by atoms with Crippen LogP contribution in [0.4, 0.5) is 22.7 Å². The van der Waals surface area contributed by atoms with Crippen molar-refractivity contribution < 1.29 is 65.7 Å². The standard InChI is InChI=1S/C32H22N6O8S2.Na/c39-27-13-11-25(23-3-1-15-33-31(23)27)37-35-21-9-7-19(29(17-21)47(41,42)43)5-6-20-8-10-22(18-30(20)48(44,45)46)36-38-26-12-14-28(40)32-24(26)4-2-16-34-32;/h1-18,39-40H,(H,41,42,43)(H,44,45,46);/q;+1/b6-5+,37-35?,38-36?;. The maximum Gasteiger partial charge on any atom is 1.00 e. The first-order valence-electron chi connectivity index (χ1n) is 13.8. The van der Waals surface area contributed by atoms with Gasteiger partial charge >= 0.3 is 29.6 Å². The average Bonchev–Trinajstić information content (AvgIpc) is 3.06. The van der Waals surface area contributed by atoms with E-state index < -0.39 is 30.0 Å². The van der Waals surface area contributed by atoms with Crippen molar-refractivity contribution >= 4 is 76.9 Å². The number of hydrogen-bond donors (Lipinski definition) is 4. The van der Waals surface area contributed by atoms with Crippen molar-refractivity contribution in [2.24, 2.45) is 20.5 Å². The molecule has 0 unspecified atom stereocenters. The van der Waals surface area contributed by atoms with E-state index in [9.17, 15) is 36.2 Å². The fourth-order valence-electron chi connectivity index (χ4n) is 4.76. The summed E-state index contributed by atoms with van der Waals surface area (Å²) in [5, 5.41) is 37.6. The third-order valence-corrected chi connectivity index (χ3v) is 8.81. The second-order valence-corrected chi connectivity index (χ2v) is 12.9. The quantitative estimate of drug-likeness (QED) is 0.0739. The first-order valence-corrected chi connectivity index (χ1v) is 16.6. The molecule has 0 amide bonds. The summed E-state index contributed by atoms with van der Waals surface area (Å²) in [6.45, 7) is 0. The van der Waals surface area contributed by atoms with Gasteiger partial charge in [-0.1, -0.05) is 24.3 Å². The molecule has 0 aliphatic carbocycles. The van der Waals surface area contributed by atoms with E-state index in [4.69, 9.17) is 0 Å². The number of rotatable bonds is 8. The summed E-state index contributed by atoms with van der Waals surface area (Å²) in [6, 6.07) is 20.1. The van der Waals surface area contributed by atoms with Gasteiger partial charge in [0.25, 0.3) is 20.2 Å². The molecule has 4 aromatic carbocycles. The molecule has 2 heterocycles. The molecule has 17 heteroatoms. The SMILES string of the molecule is O=S(=O)(O)c1cc(N=Nc2ccc(O)c3ncccc23)ccc1/C=C/c1ccc(N=Nc2ccc(O)c3ncccc23)cc1S(=O)(=O)O.[Na+]. The molecule has 0 aliphatic heterocycles. The van der Waals surface area contributed by atoms with Crippen molar-refractivity contribution in [3.63, 3.8) is 0 Å². The van der Waals surface area contributed by atoms with Crippen LogP contribution in [0.1, 0.15) is 11.1 Å². The van der Waals surface area contributed by atoms with E-state index in [0.29, 0.717) is 33.2 Å². The number of phenolic OH excluding ortho intramolecular Hbond substituents is 2. The summed E-state index contributed by atoms with van der Waals surface area (Å²) in [5.41, 5.74) is 1.40. The van der Waals surface area contributed by atoms with Gasteiger partial charge in [-0.05, 0) is 83.9 Å². The summed E-state index contributed by atoms with van der Waals surface area (Å²) in [5.74, 6) is -0.0998. The summed E-state index contributed by atoms with van der Waals surface area (Å²) in [4.78, 5) is 7.15. The molecule has 0 atom stereocenters. The van der Waals surface area contributed by atoms with E-state index in [0.717, 1.165) is 12.1 Å². The van der Waals surface area contributed by atoms with E-state index in [1.165, 1.54) is 73.1 Å². The molecule has 0 fully saturated rings. The average molecular weight is 706 g/mol. The van der Waals surface area contributed by atoms with Crippen LogP contribution in [0.15, 0.2) is 128 Å². The number of aromatic hydroxyl groups is 2. The topological polar surface area (TPSA) is 224 Å². The first-order chi connectivity index (χ1) is 22.9. The molecule has 2 aromatic heterocycles. The molecule has 0 bridgehead atoms. The van der Waals surface area contributed by atoms with Gasteiger partial charge in [0.1, 0.15) is 32.3 Å². The van der Waals surface area contributed by atoms with Gasteiger partial charge in [-0.25, -0.2) is 0 Å². The van der Waals surface area contributed by atoms with Crippen LogP contribution in [0.25, 0.3) is 34.0 Å². The van der Waals surface area contributed by atoms with Crippen LogP contribution in [-0.4, -0.2) is 46.1 Å². The van der Waals surface area contributed by atoms with Gasteiger partial charge in [-0.2, -0.15) is 27.1 Å². The maximum atomic E-state index is 12.3. The van der Waals surface area contributed by atoms with Crippen molar-refractivity contribution in [1.82, 2.24) is 9.97 Å². The van der Waals surface area contributed by atoms with Crippen molar-refractivity contribution in [2.75, 3.05) is 0 Å². The number of azo groups is 2. The van der Waals surface area contributed by atoms with Gasteiger partial charge in [0.05, 0.1) is 22.7 Å². The largest absolute Gasteiger partial charge is 1.00 e. The van der Waals surface area contributed by atoms with Gasteiger partial charge < -0.3 is 10.2 Å². The molecular formula is C32H22N6NaO8S2+. The van der Waals surface area contributed by atoms with E-state index in [-0.39, 0.29) is 63.6 Å². The summed E-state index contributed by atoms with van der Waals surface area (Å²) >= 11 is 0. The Balaban J connectivity index is 0.00000468. The fourth-order valence-corrected chi connectivity index (χ4v) is 6.16. The molecule has 49 heavy (non-hydrogen) atoms. The van der Waals surface area contributed by atoms with Gasteiger partial charge in [-0.3, -0.25) is 19.1 Å². The van der Waals surface area contributed by atoms with E-state index in [1.54, 1.807) is 24.3 Å². The number of aromatic nitrogens is 2. The second kappa shape index (κ2) is 14.3. The van der Waals surface area contributed by atoms with Crippen LogP contribution in [0.2, 0.25) is 0 Å². The van der Waals surface area contributed by atoms with Crippen molar-refractivity contribution in [3.05, 3.63) is 108 Å². The minimum Gasteiger partial charge on any atom is -0.506 e. The second-order valence-electron chi connectivity index (χ2n) is 10.1. The molecule has 6 rings (SSSR count). The molecule has 0 spiro atoms. The van der Waals surface area contributed by atoms with E-state index in [2.05, 4.69) is 30.4 Å². The van der Waals surface area contributed by atoms with Crippen LogP contribution < -0.4 is 29.6 Å². The minimum absolute atomic E-state index is 0. The summed E-state index contributed by atoms with van der Waals surface area (Å²) < 4.78 is 69.1. The zero-order valence-electron chi connectivity index (χ0n) is 25.3. The molecule has 240 valence electrons. The van der Waals surface area contributed by atoms with Gasteiger partial charge in [-0.15, -0.1) is 10.2 Å². The summed E-state index contributed by atoms with van der Waals surface area (Å²) in [6.07, 6.45) is 5.49. The Morgan fingerprint density at radius 3 is 1.35 bits per heavy atom. The van der Waals surface area contributed by atoms with Crippen LogP contribution in [0, 0.1) is 0 Å². The van der Waals surface area contributed by atoms with Crippen molar-refractivity contribution in [3.8, 4) is 11.5 Å². The smallest absolute Gasteiger partial charge is 0.506 e. The monoisotopic (exact) mass is 705 g/mol. The van der Waals surface area contributed by atoms with Crippen LogP contribution in [0.3, 0.4) is 0 Å². The van der Waals surface area contributed by atoms with Crippen molar-refractivity contribution in [2.45, 2.75) is 9.79 Å². The fraction of sp³-hybridized carbons (Fsp3) is 0. The Bertz CT molecular complexity index is 2380. The van der Waals surface area contributed by atoms with Crippen molar-refractivity contribution in [1.29, 1.82) is 0 Å². The number of fused-ring (bicyclic) bond motifs is 2. The van der Waals surface area contributed by atoms with Crippen LogP contribution in [-0.2, 0) is 20.2 Å². The third-order valence-electron chi connectivity index (χ3n) is 6.99. The number of nitrogens with zero attached hydrogens (tertiary/aromatic N) is 6. The normalized spacial score (nSPS) is 12.4. The van der Waals surface area contributed by atoms with Gasteiger partial charge in [0, 0.05) is 23.2 Å². The Labute approximate surface area is 301 Å². The number of phenols is 2. The zero-order chi connectivity index (χ0) is 34.1. The number of pyridine rings is 2. The Kier molecular flexibility index (Phi) is 10.3. The number of benzene rings is 4. The predicted molar refractivity (Wildman–Crippen MR) is 177 cm³/mol. The number of hydrogen-bond acceptors (Lipinski definition) is 12. The van der Waals surface area contributed by atoms with Gasteiger partial charge in [0.15, 0.2) is 0 Å². The first kappa shape index (κ1) is 35.4. The van der Waals surface area contributed by atoms with Crippen LogP contribution >= 0.6 is 0 Å². The predicted octanol–water partition coefficient (Wildman–Crippen LogP) is 4.69. The minimum atomic E-state index is -4.79. The zero-order valence-corrected chi connectivity index (χ0v) is 28.9. The Morgan fingerprint density at radius 1 is 0.551 bits per heavy atom. The molecule has 14 nitrogen and oxygen atoms in total. The third kappa shape index (κ3) is 7.87. The van der Waals surface area contributed by atoms with E-state index in [1.807, 2.05) is 0 Å².